The van der Waals surface area contributed by atoms with E-state index in [2.05, 4.69) is 30.1 Å². The molecule has 2 heterocycles. The van der Waals surface area contributed by atoms with E-state index in [0.717, 1.165) is 24.1 Å². The van der Waals surface area contributed by atoms with Gasteiger partial charge >= 0.3 is 0 Å². The molecule has 0 saturated carbocycles. The summed E-state index contributed by atoms with van der Waals surface area (Å²) in [5.74, 6) is 0. The van der Waals surface area contributed by atoms with Crippen molar-refractivity contribution in [3.8, 4) is 0 Å². The Morgan fingerprint density at radius 3 is 2.71 bits per heavy atom. The van der Waals surface area contributed by atoms with Crippen molar-refractivity contribution in [2.24, 2.45) is 5.73 Å². The van der Waals surface area contributed by atoms with Gasteiger partial charge in [-0.2, -0.15) is 0 Å². The van der Waals surface area contributed by atoms with Gasteiger partial charge in [0.15, 0.2) is 0 Å². The molecule has 0 bridgehead atoms. The maximum Gasteiger partial charge on any atom is 0.0420 e. The second-order valence-electron chi connectivity index (χ2n) is 4.21. The summed E-state index contributed by atoms with van der Waals surface area (Å²) in [6, 6.07) is 8.46. The van der Waals surface area contributed by atoms with Crippen molar-refractivity contribution in [1.29, 1.82) is 0 Å². The zero-order chi connectivity index (χ0) is 12.3. The smallest absolute Gasteiger partial charge is 0.0420 e. The van der Waals surface area contributed by atoms with Gasteiger partial charge in [0.25, 0.3) is 0 Å². The molecule has 2 aromatic rings. The van der Waals surface area contributed by atoms with E-state index in [1.807, 2.05) is 30.5 Å². The van der Waals surface area contributed by atoms with Crippen LogP contribution in [0.15, 0.2) is 30.5 Å². The molecule has 0 spiro atoms. The Morgan fingerprint density at radius 1 is 1.29 bits per heavy atom. The van der Waals surface area contributed by atoms with Gasteiger partial charge in [-0.3, -0.25) is 4.98 Å². The monoisotopic (exact) mass is 246 g/mol. The molecule has 90 valence electrons. The highest BCUT2D eigenvalue weighted by Gasteiger charge is 2.11. The van der Waals surface area contributed by atoms with Crippen molar-refractivity contribution in [2.75, 3.05) is 0 Å². The fourth-order valence-corrected chi connectivity index (χ4v) is 2.95. The average Bonchev–Trinajstić information content (AvgIpc) is 2.77. The Kier molecular flexibility index (Phi) is 3.92. The lowest BCUT2D eigenvalue weighted by Gasteiger charge is -2.12. The first-order valence-corrected chi connectivity index (χ1v) is 6.77. The number of aromatic nitrogens is 1. The van der Waals surface area contributed by atoms with Gasteiger partial charge in [0.05, 0.1) is 0 Å². The lowest BCUT2D eigenvalue weighted by Crippen LogP contribution is -2.14. The minimum Gasteiger partial charge on any atom is -0.324 e. The predicted octanol–water partition coefficient (Wildman–Crippen LogP) is 3.26. The summed E-state index contributed by atoms with van der Waals surface area (Å²) in [4.78, 5) is 7.07. The zero-order valence-electron chi connectivity index (χ0n) is 10.3. The first-order chi connectivity index (χ1) is 8.20. The normalized spacial score (nSPS) is 12.6. The number of nitrogens with two attached hydrogens (primary N) is 1. The molecule has 17 heavy (non-hydrogen) atoms. The summed E-state index contributed by atoms with van der Waals surface area (Å²) in [6.07, 6.45) is 3.81. The maximum absolute atomic E-state index is 6.25. The van der Waals surface area contributed by atoms with E-state index in [9.17, 15) is 0 Å². The molecule has 1 unspecified atom stereocenters. The molecule has 0 radical (unpaired) electrons. The molecule has 0 saturated heterocycles. The van der Waals surface area contributed by atoms with Gasteiger partial charge in [-0.25, -0.2) is 0 Å². The number of aryl methyl sites for hydroxylation is 2. The zero-order valence-corrected chi connectivity index (χ0v) is 11.1. The number of rotatable bonds is 4. The molecule has 2 N–H and O–H groups in total. The van der Waals surface area contributed by atoms with Crippen molar-refractivity contribution in [1.82, 2.24) is 4.98 Å². The maximum atomic E-state index is 6.25. The van der Waals surface area contributed by atoms with Gasteiger partial charge in [-0.1, -0.05) is 13.0 Å². The minimum atomic E-state index is 0.0482. The van der Waals surface area contributed by atoms with Crippen LogP contribution in [0.4, 0.5) is 0 Å². The Bertz CT molecular complexity index is 490. The highest BCUT2D eigenvalue weighted by molar-refractivity contribution is 7.11. The number of pyridine rings is 1. The van der Waals surface area contributed by atoms with Gasteiger partial charge in [0, 0.05) is 34.1 Å². The quantitative estimate of drug-likeness (QED) is 0.899. The summed E-state index contributed by atoms with van der Waals surface area (Å²) in [6.45, 7) is 4.20. The lowest BCUT2D eigenvalue weighted by atomic mass is 10.0. The van der Waals surface area contributed by atoms with E-state index >= 15 is 0 Å². The molecule has 0 aromatic carbocycles. The second-order valence-corrected chi connectivity index (χ2v) is 5.46. The van der Waals surface area contributed by atoms with Crippen LogP contribution in [0.5, 0.6) is 0 Å². The third-order valence-corrected chi connectivity index (χ3v) is 4.19. The molecule has 3 heteroatoms. The SMILES string of the molecule is CCc1ccc(CC(N)c2cccnc2C)s1. The summed E-state index contributed by atoms with van der Waals surface area (Å²) in [7, 11) is 0. The van der Waals surface area contributed by atoms with Gasteiger partial charge in [-0.15, -0.1) is 11.3 Å². The molecule has 0 amide bonds. The molecule has 2 rings (SSSR count). The first-order valence-electron chi connectivity index (χ1n) is 5.95. The number of thiophene rings is 1. The molecular weight excluding hydrogens is 228 g/mol. The number of hydrogen-bond acceptors (Lipinski definition) is 3. The average molecular weight is 246 g/mol. The third-order valence-electron chi connectivity index (χ3n) is 2.93. The first kappa shape index (κ1) is 12.3. The van der Waals surface area contributed by atoms with Crippen LogP contribution in [-0.4, -0.2) is 4.98 Å². The van der Waals surface area contributed by atoms with E-state index in [1.165, 1.54) is 9.75 Å². The summed E-state index contributed by atoms with van der Waals surface area (Å²) >= 11 is 1.86. The summed E-state index contributed by atoms with van der Waals surface area (Å²) in [5.41, 5.74) is 8.43. The van der Waals surface area contributed by atoms with Crippen molar-refractivity contribution in [3.05, 3.63) is 51.5 Å². The second kappa shape index (κ2) is 5.43. The van der Waals surface area contributed by atoms with Crippen molar-refractivity contribution in [2.45, 2.75) is 32.7 Å². The molecule has 0 aliphatic heterocycles. The van der Waals surface area contributed by atoms with Crippen LogP contribution in [0, 0.1) is 6.92 Å². The van der Waals surface area contributed by atoms with E-state index in [0.29, 0.717) is 0 Å². The highest BCUT2D eigenvalue weighted by atomic mass is 32.1. The Hall–Kier alpha value is -1.19. The van der Waals surface area contributed by atoms with Crippen molar-refractivity contribution in [3.63, 3.8) is 0 Å². The molecule has 0 aliphatic rings. The van der Waals surface area contributed by atoms with Crippen molar-refractivity contribution < 1.29 is 0 Å². The van der Waals surface area contributed by atoms with E-state index in [-0.39, 0.29) is 6.04 Å². The van der Waals surface area contributed by atoms with Crippen LogP contribution in [0.25, 0.3) is 0 Å². The van der Waals surface area contributed by atoms with Gasteiger partial charge in [0.1, 0.15) is 0 Å². The van der Waals surface area contributed by atoms with Crippen LogP contribution in [0.1, 0.15) is 34.0 Å². The third kappa shape index (κ3) is 2.93. The van der Waals surface area contributed by atoms with Crippen LogP contribution in [0.3, 0.4) is 0 Å². The van der Waals surface area contributed by atoms with E-state index in [4.69, 9.17) is 5.73 Å². The number of nitrogens with zero attached hydrogens (tertiary/aromatic N) is 1. The summed E-state index contributed by atoms with van der Waals surface area (Å²) in [5, 5.41) is 0. The molecule has 2 nitrogen and oxygen atoms in total. The van der Waals surface area contributed by atoms with Gasteiger partial charge in [0.2, 0.25) is 0 Å². The topological polar surface area (TPSA) is 38.9 Å². The molecule has 0 aliphatic carbocycles. The Morgan fingerprint density at radius 2 is 2.06 bits per heavy atom. The van der Waals surface area contributed by atoms with E-state index in [1.54, 1.807) is 0 Å². The lowest BCUT2D eigenvalue weighted by molar-refractivity contribution is 0.718. The van der Waals surface area contributed by atoms with Crippen LogP contribution in [-0.2, 0) is 12.8 Å². The van der Waals surface area contributed by atoms with Gasteiger partial charge in [-0.05, 0) is 37.1 Å². The standard InChI is InChI=1S/C14H18N2S/c1-3-11-6-7-12(17-11)9-14(15)13-5-4-8-16-10(13)2/h4-8,14H,3,9,15H2,1-2H3. The molecular formula is C14H18N2S. The van der Waals surface area contributed by atoms with Crippen molar-refractivity contribution >= 4 is 11.3 Å². The van der Waals surface area contributed by atoms with Crippen LogP contribution >= 0.6 is 11.3 Å². The fraction of sp³-hybridized carbons (Fsp3) is 0.357. The highest BCUT2D eigenvalue weighted by Crippen LogP contribution is 2.23. The van der Waals surface area contributed by atoms with E-state index < -0.39 is 0 Å². The molecule has 1 atom stereocenters. The van der Waals surface area contributed by atoms with Gasteiger partial charge < -0.3 is 5.73 Å². The Balaban J connectivity index is 2.11. The number of hydrogen-bond donors (Lipinski definition) is 1. The van der Waals surface area contributed by atoms with Crippen LogP contribution in [0.2, 0.25) is 0 Å². The largest absolute Gasteiger partial charge is 0.324 e. The molecule has 2 aromatic heterocycles. The molecule has 0 fully saturated rings. The Labute approximate surface area is 107 Å². The predicted molar refractivity (Wildman–Crippen MR) is 73.3 cm³/mol. The summed E-state index contributed by atoms with van der Waals surface area (Å²) < 4.78 is 0. The van der Waals surface area contributed by atoms with Crippen LogP contribution < -0.4 is 5.73 Å². The minimum absolute atomic E-state index is 0.0482. The fourth-order valence-electron chi connectivity index (χ4n) is 1.94.